The van der Waals surface area contributed by atoms with Crippen LogP contribution in [0.4, 0.5) is 5.69 Å². The fraction of sp³-hybridized carbons (Fsp3) is 0.550. The SMILES string of the molecule is CC1(C)N=C(N)N=C(N)N1c1ccc(OCC(=O)N2CCCCC2)cc1.CCS(=O)(=O)O. The van der Waals surface area contributed by atoms with Crippen LogP contribution in [0.25, 0.3) is 0 Å². The van der Waals surface area contributed by atoms with E-state index >= 15 is 0 Å². The number of nitrogens with two attached hydrogens (primary N) is 2. The summed E-state index contributed by atoms with van der Waals surface area (Å²) >= 11 is 0. The van der Waals surface area contributed by atoms with E-state index in [1.54, 1.807) is 4.90 Å². The largest absolute Gasteiger partial charge is 0.484 e. The molecule has 0 radical (unpaired) electrons. The third-order valence-electron chi connectivity index (χ3n) is 4.92. The van der Waals surface area contributed by atoms with Crippen LogP contribution in [0.1, 0.15) is 40.0 Å². The van der Waals surface area contributed by atoms with Gasteiger partial charge in [0.25, 0.3) is 16.0 Å². The summed E-state index contributed by atoms with van der Waals surface area (Å²) in [4.78, 5) is 24.2. The fourth-order valence-electron chi connectivity index (χ4n) is 3.32. The first kappa shape index (κ1) is 25.4. The van der Waals surface area contributed by atoms with Gasteiger partial charge in [-0.25, -0.2) is 4.99 Å². The number of benzene rings is 1. The zero-order valence-electron chi connectivity index (χ0n) is 18.7. The van der Waals surface area contributed by atoms with E-state index in [0.717, 1.165) is 31.6 Å². The maximum absolute atomic E-state index is 12.2. The minimum atomic E-state index is -3.66. The average Bonchev–Trinajstić information content (AvgIpc) is 2.72. The van der Waals surface area contributed by atoms with Crippen molar-refractivity contribution in [2.75, 3.05) is 30.3 Å². The Kier molecular flexibility index (Phi) is 8.44. The van der Waals surface area contributed by atoms with Gasteiger partial charge in [-0.3, -0.25) is 14.2 Å². The molecular formula is C20H32N6O5S. The molecule has 178 valence electrons. The van der Waals surface area contributed by atoms with Crippen LogP contribution < -0.4 is 21.1 Å². The predicted octanol–water partition coefficient (Wildman–Crippen LogP) is 1.16. The van der Waals surface area contributed by atoms with Gasteiger partial charge in [-0.2, -0.15) is 13.4 Å². The molecule has 3 rings (SSSR count). The lowest BCUT2D eigenvalue weighted by Crippen LogP contribution is -2.54. The topological polar surface area (TPSA) is 164 Å². The highest BCUT2D eigenvalue weighted by Gasteiger charge is 2.32. The molecule has 32 heavy (non-hydrogen) atoms. The number of piperidine rings is 1. The molecule has 1 fully saturated rings. The van der Waals surface area contributed by atoms with Gasteiger partial charge in [0, 0.05) is 18.8 Å². The number of nitrogens with zero attached hydrogens (tertiary/aromatic N) is 4. The van der Waals surface area contributed by atoms with E-state index in [-0.39, 0.29) is 30.2 Å². The maximum Gasteiger partial charge on any atom is 0.264 e. The van der Waals surface area contributed by atoms with Crippen molar-refractivity contribution in [3.05, 3.63) is 24.3 Å². The Hall–Kier alpha value is -2.86. The van der Waals surface area contributed by atoms with E-state index in [1.165, 1.54) is 13.3 Å². The van der Waals surface area contributed by atoms with Crippen molar-refractivity contribution in [2.45, 2.75) is 45.7 Å². The zero-order chi connectivity index (χ0) is 23.9. The molecule has 2 heterocycles. The number of hydrogen-bond donors (Lipinski definition) is 3. The second-order valence-corrected chi connectivity index (χ2v) is 9.61. The second kappa shape index (κ2) is 10.6. The monoisotopic (exact) mass is 468 g/mol. The molecule has 2 aliphatic heterocycles. The van der Waals surface area contributed by atoms with E-state index in [4.69, 9.17) is 20.8 Å². The van der Waals surface area contributed by atoms with Gasteiger partial charge in [0.1, 0.15) is 11.4 Å². The van der Waals surface area contributed by atoms with Crippen molar-refractivity contribution >= 4 is 33.6 Å². The Bertz CT molecular complexity index is 953. The van der Waals surface area contributed by atoms with Crippen molar-refractivity contribution in [3.63, 3.8) is 0 Å². The van der Waals surface area contributed by atoms with Crippen LogP contribution in [0.15, 0.2) is 34.3 Å². The van der Waals surface area contributed by atoms with Crippen LogP contribution in [0.2, 0.25) is 0 Å². The Morgan fingerprint density at radius 3 is 2.22 bits per heavy atom. The highest BCUT2D eigenvalue weighted by Crippen LogP contribution is 2.28. The number of rotatable bonds is 5. The number of anilines is 1. The summed E-state index contributed by atoms with van der Waals surface area (Å²) in [6.45, 7) is 6.89. The molecule has 0 aromatic heterocycles. The molecule has 5 N–H and O–H groups in total. The van der Waals surface area contributed by atoms with Gasteiger partial charge in [0.05, 0.1) is 5.75 Å². The molecule has 1 saturated heterocycles. The number of likely N-dealkylation sites (tertiary alicyclic amines) is 1. The first-order valence-electron chi connectivity index (χ1n) is 10.4. The van der Waals surface area contributed by atoms with Gasteiger partial charge in [-0.1, -0.05) is 0 Å². The Morgan fingerprint density at radius 1 is 1.16 bits per heavy atom. The van der Waals surface area contributed by atoms with E-state index < -0.39 is 15.8 Å². The molecule has 0 bridgehead atoms. The summed E-state index contributed by atoms with van der Waals surface area (Å²) in [6, 6.07) is 7.34. The van der Waals surface area contributed by atoms with E-state index in [0.29, 0.717) is 5.75 Å². The molecule has 0 spiro atoms. The van der Waals surface area contributed by atoms with Crippen LogP contribution >= 0.6 is 0 Å². The lowest BCUT2D eigenvalue weighted by molar-refractivity contribution is -0.134. The van der Waals surface area contributed by atoms with Gasteiger partial charge in [0.2, 0.25) is 11.9 Å². The maximum atomic E-state index is 12.2. The number of aliphatic imine (C=N–C) groups is 2. The highest BCUT2D eigenvalue weighted by atomic mass is 32.2. The standard InChI is InChI=1S/C18H26N6O2.C2H6O3S/c1-18(2)22-16(19)21-17(20)24(18)13-6-8-14(9-7-13)26-12-15(25)23-10-4-3-5-11-23;1-2-6(3,4)5/h6-9H,3-5,10-12H2,1-2H3,(H4,19,20,21,22);2H2,1H3,(H,3,4,5). The molecule has 0 unspecified atom stereocenters. The number of ether oxygens (including phenoxy) is 1. The number of guanidine groups is 2. The van der Waals surface area contributed by atoms with Crippen molar-refractivity contribution in [2.24, 2.45) is 21.5 Å². The Labute approximate surface area is 188 Å². The normalized spacial score (nSPS) is 18.1. The van der Waals surface area contributed by atoms with E-state index in [2.05, 4.69) is 9.98 Å². The summed E-state index contributed by atoms with van der Waals surface area (Å²) in [5.74, 6) is 0.920. The van der Waals surface area contributed by atoms with Crippen molar-refractivity contribution in [3.8, 4) is 5.75 Å². The number of hydrogen-bond acceptors (Lipinski definition) is 9. The van der Waals surface area contributed by atoms with Gasteiger partial charge in [-0.05, 0) is 64.3 Å². The molecule has 0 saturated carbocycles. The third kappa shape index (κ3) is 7.38. The van der Waals surface area contributed by atoms with Crippen molar-refractivity contribution in [1.29, 1.82) is 0 Å². The molecule has 1 amide bonds. The van der Waals surface area contributed by atoms with Gasteiger partial charge in [-0.15, -0.1) is 0 Å². The fourth-order valence-corrected chi connectivity index (χ4v) is 3.32. The van der Waals surface area contributed by atoms with Crippen LogP contribution in [0, 0.1) is 0 Å². The Balaban J connectivity index is 0.000000534. The van der Waals surface area contributed by atoms with E-state index in [1.807, 2.05) is 43.0 Å². The van der Waals surface area contributed by atoms with Crippen molar-refractivity contribution in [1.82, 2.24) is 4.90 Å². The summed E-state index contributed by atoms with van der Waals surface area (Å²) in [5, 5.41) is 0. The number of carbonyl (C=O) groups excluding carboxylic acids is 1. The minimum absolute atomic E-state index is 0.0344. The van der Waals surface area contributed by atoms with Gasteiger partial charge < -0.3 is 21.1 Å². The summed E-state index contributed by atoms with van der Waals surface area (Å²) in [6.07, 6.45) is 3.34. The lowest BCUT2D eigenvalue weighted by atomic mass is 10.1. The highest BCUT2D eigenvalue weighted by molar-refractivity contribution is 7.85. The first-order valence-corrected chi connectivity index (χ1v) is 12.0. The van der Waals surface area contributed by atoms with E-state index in [9.17, 15) is 13.2 Å². The van der Waals surface area contributed by atoms with Crippen LogP contribution in [-0.4, -0.2) is 66.8 Å². The molecule has 0 atom stereocenters. The summed E-state index contributed by atoms with van der Waals surface area (Å²) in [5.41, 5.74) is 11.9. The van der Waals surface area contributed by atoms with Crippen molar-refractivity contribution < 1.29 is 22.5 Å². The second-order valence-electron chi connectivity index (χ2n) is 7.86. The Morgan fingerprint density at radius 2 is 1.72 bits per heavy atom. The molecular weight excluding hydrogens is 436 g/mol. The molecule has 11 nitrogen and oxygen atoms in total. The zero-order valence-corrected chi connectivity index (χ0v) is 19.5. The van der Waals surface area contributed by atoms with Crippen LogP contribution in [0.3, 0.4) is 0 Å². The summed E-state index contributed by atoms with van der Waals surface area (Å²) in [7, 11) is -3.66. The van der Waals surface area contributed by atoms with Gasteiger partial charge in [0.15, 0.2) is 6.61 Å². The predicted molar refractivity (Wildman–Crippen MR) is 124 cm³/mol. The number of amides is 1. The average molecular weight is 469 g/mol. The molecule has 12 heteroatoms. The van der Waals surface area contributed by atoms with Gasteiger partial charge >= 0.3 is 0 Å². The smallest absolute Gasteiger partial charge is 0.264 e. The third-order valence-corrected chi connectivity index (χ3v) is 5.65. The van der Waals surface area contributed by atoms with Crippen LogP contribution in [0.5, 0.6) is 5.75 Å². The quantitative estimate of drug-likeness (QED) is 0.542. The lowest BCUT2D eigenvalue weighted by Gasteiger charge is -2.38. The minimum Gasteiger partial charge on any atom is -0.484 e. The van der Waals surface area contributed by atoms with Crippen LogP contribution in [-0.2, 0) is 14.9 Å². The molecule has 0 aliphatic carbocycles. The number of carbonyl (C=O) groups is 1. The summed E-state index contributed by atoms with van der Waals surface area (Å²) < 4.78 is 32.6. The molecule has 2 aliphatic rings. The first-order chi connectivity index (χ1) is 14.9. The molecule has 1 aromatic carbocycles. The molecule has 1 aromatic rings.